The molecule has 0 saturated heterocycles. The van der Waals surface area contributed by atoms with Crippen LogP contribution in [0.5, 0.6) is 0 Å². The topological polar surface area (TPSA) is 43.7 Å². The summed E-state index contributed by atoms with van der Waals surface area (Å²) < 4.78 is 0. The highest BCUT2D eigenvalue weighted by atomic mass is 17.3. The Kier molecular flexibility index (Phi) is 3.80. The van der Waals surface area contributed by atoms with Crippen LogP contribution in [0.2, 0.25) is 0 Å². The van der Waals surface area contributed by atoms with Crippen molar-refractivity contribution in [1.29, 1.82) is 0 Å². The van der Waals surface area contributed by atoms with Crippen LogP contribution in [-0.2, 0) is 9.88 Å². The molecule has 0 amide bonds. The first-order valence-electron chi connectivity index (χ1n) is 3.66. The molecule has 0 bridgehead atoms. The molecule has 0 unspecified atom stereocenters. The summed E-state index contributed by atoms with van der Waals surface area (Å²) in [7, 11) is 0. The maximum absolute atomic E-state index is 4.53. The van der Waals surface area contributed by atoms with Crippen molar-refractivity contribution in [1.82, 2.24) is 4.98 Å². The van der Waals surface area contributed by atoms with Crippen LogP contribution in [-0.4, -0.2) is 17.8 Å². The summed E-state index contributed by atoms with van der Waals surface area (Å²) in [5.41, 5.74) is 0.734. The van der Waals surface area contributed by atoms with Crippen molar-refractivity contribution in [2.75, 3.05) is 6.61 Å². The molecule has 0 spiro atoms. The van der Waals surface area contributed by atoms with Gasteiger partial charge in [0.1, 0.15) is 0 Å². The Labute approximate surface area is 70.8 Å². The number of pyridine rings is 1. The number of rotatable bonds is 4. The molecule has 0 N–H and O–H groups in total. The Morgan fingerprint density at radius 2 is 2.50 bits per heavy atom. The minimum atomic E-state index is 0.472. The van der Waals surface area contributed by atoms with Gasteiger partial charge in [0.2, 0.25) is 0 Å². The fourth-order valence-electron chi connectivity index (χ4n) is 0.611. The summed E-state index contributed by atoms with van der Waals surface area (Å²) >= 11 is 0. The number of nitrogens with zero attached hydrogens (tertiary/aromatic N) is 2. The Hall–Kier alpha value is -1.42. The third-order valence-electron chi connectivity index (χ3n) is 1.09. The normalized spacial score (nSPS) is 10.4. The van der Waals surface area contributed by atoms with Crippen molar-refractivity contribution in [2.24, 2.45) is 5.16 Å². The van der Waals surface area contributed by atoms with Gasteiger partial charge in [0.15, 0.2) is 0 Å². The van der Waals surface area contributed by atoms with Gasteiger partial charge in [0, 0.05) is 6.20 Å². The van der Waals surface area contributed by atoms with Crippen LogP contribution in [0.15, 0.2) is 29.6 Å². The van der Waals surface area contributed by atoms with Crippen molar-refractivity contribution >= 4 is 6.21 Å². The van der Waals surface area contributed by atoms with E-state index in [1.165, 1.54) is 6.21 Å². The first-order chi connectivity index (χ1) is 5.93. The van der Waals surface area contributed by atoms with Crippen LogP contribution in [0.4, 0.5) is 0 Å². The van der Waals surface area contributed by atoms with Crippen LogP contribution in [0, 0.1) is 0 Å². The van der Waals surface area contributed by atoms with E-state index in [1.54, 1.807) is 6.20 Å². The van der Waals surface area contributed by atoms with Gasteiger partial charge in [-0.2, -0.15) is 4.89 Å². The third kappa shape index (κ3) is 3.12. The number of oxime groups is 1. The van der Waals surface area contributed by atoms with Gasteiger partial charge < -0.3 is 0 Å². The third-order valence-corrected chi connectivity index (χ3v) is 1.09. The predicted molar refractivity (Wildman–Crippen MR) is 44.5 cm³/mol. The van der Waals surface area contributed by atoms with E-state index < -0.39 is 0 Å². The zero-order valence-electron chi connectivity index (χ0n) is 6.80. The van der Waals surface area contributed by atoms with E-state index >= 15 is 0 Å². The Balaban J connectivity index is 2.36. The van der Waals surface area contributed by atoms with Gasteiger partial charge in [-0.15, -0.1) is 0 Å². The molecule has 0 saturated carbocycles. The maximum Gasteiger partial charge on any atom is 0.0959 e. The van der Waals surface area contributed by atoms with E-state index in [0.717, 1.165) is 5.69 Å². The van der Waals surface area contributed by atoms with Crippen molar-refractivity contribution in [3.8, 4) is 0 Å². The molecule has 0 radical (unpaired) electrons. The molecule has 12 heavy (non-hydrogen) atoms. The molecular weight excluding hydrogens is 156 g/mol. The summed E-state index contributed by atoms with van der Waals surface area (Å²) in [6.07, 6.45) is 3.16. The van der Waals surface area contributed by atoms with E-state index in [1.807, 2.05) is 25.1 Å². The number of hydrogen-bond acceptors (Lipinski definition) is 4. The second-order valence-electron chi connectivity index (χ2n) is 1.97. The van der Waals surface area contributed by atoms with Crippen LogP contribution >= 0.6 is 0 Å². The monoisotopic (exact) mass is 166 g/mol. The summed E-state index contributed by atoms with van der Waals surface area (Å²) in [6.45, 7) is 2.29. The lowest BCUT2D eigenvalue weighted by Gasteiger charge is -1.92. The van der Waals surface area contributed by atoms with Crippen LogP contribution in [0.25, 0.3) is 0 Å². The fraction of sp³-hybridized carbons (Fsp3) is 0.250. The number of hydrogen-bond donors (Lipinski definition) is 0. The predicted octanol–water partition coefficient (Wildman–Crippen LogP) is 1.38. The molecule has 1 heterocycles. The van der Waals surface area contributed by atoms with Crippen LogP contribution < -0.4 is 0 Å². The fourth-order valence-corrected chi connectivity index (χ4v) is 0.611. The molecular formula is C8H10N2O2. The molecule has 4 nitrogen and oxygen atoms in total. The van der Waals surface area contributed by atoms with Gasteiger partial charge in [0.05, 0.1) is 18.5 Å². The van der Waals surface area contributed by atoms with Crippen LogP contribution in [0.1, 0.15) is 12.6 Å². The smallest absolute Gasteiger partial charge is 0.0959 e. The van der Waals surface area contributed by atoms with E-state index in [4.69, 9.17) is 0 Å². The largest absolute Gasteiger partial charge is 0.255 e. The maximum atomic E-state index is 4.53. The zero-order valence-corrected chi connectivity index (χ0v) is 6.80. The molecule has 0 aromatic carbocycles. The van der Waals surface area contributed by atoms with Crippen molar-refractivity contribution in [3.63, 3.8) is 0 Å². The summed E-state index contributed by atoms with van der Waals surface area (Å²) in [4.78, 5) is 12.9. The molecule has 0 aliphatic carbocycles. The van der Waals surface area contributed by atoms with Gasteiger partial charge in [-0.25, -0.2) is 4.99 Å². The van der Waals surface area contributed by atoms with E-state index in [9.17, 15) is 0 Å². The summed E-state index contributed by atoms with van der Waals surface area (Å²) in [5, 5.41) is 3.52. The quantitative estimate of drug-likeness (QED) is 0.294. The number of aromatic nitrogens is 1. The Morgan fingerprint density at radius 1 is 1.58 bits per heavy atom. The van der Waals surface area contributed by atoms with Crippen LogP contribution in [0.3, 0.4) is 0 Å². The highest BCUT2D eigenvalue weighted by molar-refractivity contribution is 5.75. The molecule has 0 fully saturated rings. The van der Waals surface area contributed by atoms with Gasteiger partial charge >= 0.3 is 0 Å². The lowest BCUT2D eigenvalue weighted by atomic mass is 10.4. The Bertz CT molecular complexity index is 236. The molecule has 4 heteroatoms. The SMILES string of the molecule is CCOON=Cc1ccccn1. The molecule has 64 valence electrons. The van der Waals surface area contributed by atoms with E-state index in [-0.39, 0.29) is 0 Å². The van der Waals surface area contributed by atoms with Gasteiger partial charge in [-0.1, -0.05) is 11.2 Å². The second-order valence-corrected chi connectivity index (χ2v) is 1.97. The molecule has 1 aromatic heterocycles. The molecule has 1 aromatic rings. The minimum Gasteiger partial charge on any atom is -0.255 e. The standard InChI is InChI=1S/C8H10N2O2/c1-2-11-12-10-7-8-5-3-4-6-9-8/h3-7H,2H2,1H3. The minimum absolute atomic E-state index is 0.472. The first-order valence-corrected chi connectivity index (χ1v) is 3.66. The molecule has 0 aliphatic heterocycles. The van der Waals surface area contributed by atoms with E-state index in [0.29, 0.717) is 6.61 Å². The average Bonchev–Trinajstić information content (AvgIpc) is 2.14. The second kappa shape index (κ2) is 5.26. The summed E-state index contributed by atoms with van der Waals surface area (Å²) in [6, 6.07) is 5.52. The Morgan fingerprint density at radius 3 is 3.17 bits per heavy atom. The molecule has 1 rings (SSSR count). The highest BCUT2D eigenvalue weighted by Gasteiger charge is 1.84. The lowest BCUT2D eigenvalue weighted by Crippen LogP contribution is -1.89. The van der Waals surface area contributed by atoms with E-state index in [2.05, 4.69) is 20.0 Å². The lowest BCUT2D eigenvalue weighted by molar-refractivity contribution is -0.291. The van der Waals surface area contributed by atoms with Gasteiger partial charge in [0.25, 0.3) is 0 Å². The average molecular weight is 166 g/mol. The zero-order chi connectivity index (χ0) is 8.65. The molecule has 0 aliphatic rings. The van der Waals surface area contributed by atoms with Crippen molar-refractivity contribution in [3.05, 3.63) is 30.1 Å². The molecule has 0 atom stereocenters. The highest BCUT2D eigenvalue weighted by Crippen LogP contribution is 1.88. The summed E-state index contributed by atoms with van der Waals surface area (Å²) in [5.74, 6) is 0. The first kappa shape index (κ1) is 8.67. The van der Waals surface area contributed by atoms with Gasteiger partial charge in [-0.3, -0.25) is 4.98 Å². The van der Waals surface area contributed by atoms with Gasteiger partial charge in [-0.05, 0) is 19.1 Å². The van der Waals surface area contributed by atoms with Crippen molar-refractivity contribution in [2.45, 2.75) is 6.92 Å². The van der Waals surface area contributed by atoms with Crippen molar-refractivity contribution < 1.29 is 9.88 Å².